The largest absolute Gasteiger partial charge is 0.464 e. The van der Waals surface area contributed by atoms with E-state index in [9.17, 15) is 9.59 Å². The van der Waals surface area contributed by atoms with Crippen LogP contribution in [0.3, 0.4) is 0 Å². The maximum Gasteiger partial charge on any atom is 0.326 e. The summed E-state index contributed by atoms with van der Waals surface area (Å²) in [4.78, 5) is 26.3. The van der Waals surface area contributed by atoms with Crippen molar-refractivity contribution in [3.05, 3.63) is 24.3 Å². The van der Waals surface area contributed by atoms with E-state index >= 15 is 0 Å². The zero-order chi connectivity index (χ0) is 17.0. The number of carbonyl (C=O) groups excluding carboxylic acids is 2. The molecule has 0 aromatic heterocycles. The first-order chi connectivity index (χ1) is 10.9. The Kier molecular flexibility index (Phi) is 5.64. The summed E-state index contributed by atoms with van der Waals surface area (Å²) in [7, 11) is 0. The maximum absolute atomic E-state index is 12.7. The van der Waals surface area contributed by atoms with Crippen LogP contribution >= 0.6 is 0 Å². The lowest BCUT2D eigenvalue weighted by Gasteiger charge is -2.36. The summed E-state index contributed by atoms with van der Waals surface area (Å²) in [5, 5.41) is 3.26. The smallest absolute Gasteiger partial charge is 0.326 e. The van der Waals surface area contributed by atoms with Crippen molar-refractivity contribution in [1.29, 1.82) is 0 Å². The molecule has 1 aromatic rings. The number of benzene rings is 1. The van der Waals surface area contributed by atoms with Gasteiger partial charge in [0.2, 0.25) is 5.91 Å². The lowest BCUT2D eigenvalue weighted by atomic mass is 9.99. The summed E-state index contributed by atoms with van der Waals surface area (Å²) in [6.07, 6.45) is 0.826. The van der Waals surface area contributed by atoms with E-state index in [0.29, 0.717) is 12.5 Å². The van der Waals surface area contributed by atoms with Gasteiger partial charge in [0.15, 0.2) is 0 Å². The van der Waals surface area contributed by atoms with Crippen molar-refractivity contribution in [2.75, 3.05) is 23.4 Å². The van der Waals surface area contributed by atoms with Gasteiger partial charge >= 0.3 is 5.97 Å². The summed E-state index contributed by atoms with van der Waals surface area (Å²) in [5.74, 6) is 0.169. The third-order valence-corrected chi connectivity index (χ3v) is 3.95. The van der Waals surface area contributed by atoms with Crippen molar-refractivity contribution >= 4 is 23.3 Å². The molecule has 0 radical (unpaired) electrons. The second-order valence-electron chi connectivity index (χ2n) is 6.71. The van der Waals surface area contributed by atoms with Gasteiger partial charge in [-0.3, -0.25) is 14.5 Å². The van der Waals surface area contributed by atoms with Crippen molar-refractivity contribution in [2.24, 2.45) is 11.8 Å². The molecule has 1 heterocycles. The average molecular weight is 318 g/mol. The Morgan fingerprint density at radius 1 is 1.26 bits per heavy atom. The van der Waals surface area contributed by atoms with E-state index in [1.165, 1.54) is 4.90 Å². The van der Waals surface area contributed by atoms with Crippen LogP contribution in [0.4, 0.5) is 11.4 Å². The number of hydrogen-bond donors (Lipinski definition) is 1. The molecule has 5 heteroatoms. The topological polar surface area (TPSA) is 58.6 Å². The van der Waals surface area contributed by atoms with Crippen molar-refractivity contribution in [2.45, 2.75) is 40.2 Å². The Morgan fingerprint density at radius 3 is 2.61 bits per heavy atom. The summed E-state index contributed by atoms with van der Waals surface area (Å²) >= 11 is 0. The zero-order valence-corrected chi connectivity index (χ0v) is 14.3. The van der Waals surface area contributed by atoms with Crippen LogP contribution in [-0.4, -0.2) is 31.1 Å². The second-order valence-corrected chi connectivity index (χ2v) is 6.71. The summed E-state index contributed by atoms with van der Waals surface area (Å²) in [6, 6.07) is 7.22. The number of ether oxygens (including phenoxy) is 1. The number of nitrogens with one attached hydrogen (secondary N) is 1. The number of para-hydroxylation sites is 2. The Hall–Kier alpha value is -2.04. The van der Waals surface area contributed by atoms with Crippen LogP contribution < -0.4 is 10.2 Å². The SMILES string of the molecule is CC(C)CCOC(=O)CN1C(=O)C(C(C)C)Nc2ccccc21. The van der Waals surface area contributed by atoms with Gasteiger partial charge in [-0.05, 0) is 30.4 Å². The highest BCUT2D eigenvalue weighted by Gasteiger charge is 2.35. The van der Waals surface area contributed by atoms with Gasteiger partial charge in [0, 0.05) is 0 Å². The van der Waals surface area contributed by atoms with E-state index in [1.807, 2.05) is 38.1 Å². The molecule has 1 atom stereocenters. The number of hydrogen-bond acceptors (Lipinski definition) is 4. The molecule has 1 unspecified atom stereocenters. The van der Waals surface area contributed by atoms with Crippen LogP contribution in [0.25, 0.3) is 0 Å². The van der Waals surface area contributed by atoms with Gasteiger partial charge < -0.3 is 10.1 Å². The number of nitrogens with zero attached hydrogens (tertiary/aromatic N) is 1. The van der Waals surface area contributed by atoms with Crippen LogP contribution in [0.5, 0.6) is 0 Å². The van der Waals surface area contributed by atoms with E-state index in [2.05, 4.69) is 19.2 Å². The second kappa shape index (κ2) is 7.49. The standard InChI is InChI=1S/C18H26N2O3/c1-12(2)9-10-23-16(21)11-20-15-8-6-5-7-14(15)19-17(13(3)4)18(20)22/h5-8,12-13,17,19H,9-11H2,1-4H3. The Balaban J connectivity index is 2.12. The van der Waals surface area contributed by atoms with Gasteiger partial charge in [-0.25, -0.2) is 0 Å². The Morgan fingerprint density at radius 2 is 1.96 bits per heavy atom. The zero-order valence-electron chi connectivity index (χ0n) is 14.3. The maximum atomic E-state index is 12.7. The summed E-state index contributed by atoms with van der Waals surface area (Å²) in [6.45, 7) is 8.49. The summed E-state index contributed by atoms with van der Waals surface area (Å²) in [5.41, 5.74) is 1.61. The predicted molar refractivity (Wildman–Crippen MR) is 91.5 cm³/mol. The predicted octanol–water partition coefficient (Wildman–Crippen LogP) is 3.06. The molecule has 1 amide bonds. The number of esters is 1. The third-order valence-electron chi connectivity index (χ3n) is 3.95. The molecular weight excluding hydrogens is 292 g/mol. The first kappa shape index (κ1) is 17.3. The molecule has 0 spiro atoms. The van der Waals surface area contributed by atoms with Gasteiger partial charge in [-0.15, -0.1) is 0 Å². The van der Waals surface area contributed by atoms with Gasteiger partial charge in [-0.2, -0.15) is 0 Å². The van der Waals surface area contributed by atoms with Crippen LogP contribution in [0.2, 0.25) is 0 Å². The summed E-state index contributed by atoms with van der Waals surface area (Å²) < 4.78 is 5.26. The lowest BCUT2D eigenvalue weighted by molar-refractivity contribution is -0.143. The van der Waals surface area contributed by atoms with Crippen LogP contribution in [-0.2, 0) is 14.3 Å². The quantitative estimate of drug-likeness (QED) is 0.819. The van der Waals surface area contributed by atoms with Gasteiger partial charge in [0.1, 0.15) is 12.6 Å². The molecule has 0 saturated carbocycles. The highest BCUT2D eigenvalue weighted by atomic mass is 16.5. The number of amides is 1. The molecular formula is C18H26N2O3. The van der Waals surface area contributed by atoms with E-state index in [-0.39, 0.29) is 30.4 Å². The monoisotopic (exact) mass is 318 g/mol. The highest BCUT2D eigenvalue weighted by Crippen LogP contribution is 2.32. The fourth-order valence-corrected chi connectivity index (χ4v) is 2.55. The molecule has 0 bridgehead atoms. The molecule has 23 heavy (non-hydrogen) atoms. The first-order valence-electron chi connectivity index (χ1n) is 8.22. The molecule has 1 aliphatic rings. The molecule has 5 nitrogen and oxygen atoms in total. The minimum atomic E-state index is -0.363. The molecule has 1 aromatic carbocycles. The molecule has 126 valence electrons. The van der Waals surface area contributed by atoms with Gasteiger partial charge in [0.05, 0.1) is 18.0 Å². The van der Waals surface area contributed by atoms with Gasteiger partial charge in [0.25, 0.3) is 0 Å². The fraction of sp³-hybridized carbons (Fsp3) is 0.556. The first-order valence-corrected chi connectivity index (χ1v) is 8.22. The third kappa shape index (κ3) is 4.24. The van der Waals surface area contributed by atoms with E-state index in [4.69, 9.17) is 4.74 Å². The van der Waals surface area contributed by atoms with Crippen molar-refractivity contribution < 1.29 is 14.3 Å². The van der Waals surface area contributed by atoms with Crippen molar-refractivity contribution in [1.82, 2.24) is 0 Å². The van der Waals surface area contributed by atoms with Crippen molar-refractivity contribution in [3.63, 3.8) is 0 Å². The normalized spacial score (nSPS) is 17.2. The van der Waals surface area contributed by atoms with E-state index in [0.717, 1.165) is 17.8 Å². The molecule has 1 N–H and O–H groups in total. The minimum Gasteiger partial charge on any atom is -0.464 e. The molecule has 0 fully saturated rings. The van der Waals surface area contributed by atoms with Crippen molar-refractivity contribution in [3.8, 4) is 0 Å². The fourth-order valence-electron chi connectivity index (χ4n) is 2.55. The van der Waals surface area contributed by atoms with Crippen LogP contribution in [0.15, 0.2) is 24.3 Å². The lowest BCUT2D eigenvalue weighted by Crippen LogP contribution is -2.51. The number of fused-ring (bicyclic) bond motifs is 1. The average Bonchev–Trinajstić information content (AvgIpc) is 2.49. The van der Waals surface area contributed by atoms with Gasteiger partial charge in [-0.1, -0.05) is 39.8 Å². The Labute approximate surface area is 138 Å². The Bertz CT molecular complexity index is 569. The molecule has 2 rings (SSSR count). The number of rotatable bonds is 6. The highest BCUT2D eigenvalue weighted by molar-refractivity contribution is 6.07. The van der Waals surface area contributed by atoms with E-state index < -0.39 is 0 Å². The van der Waals surface area contributed by atoms with Crippen LogP contribution in [0.1, 0.15) is 34.1 Å². The molecule has 0 aliphatic carbocycles. The van der Waals surface area contributed by atoms with Crippen LogP contribution in [0, 0.1) is 11.8 Å². The molecule has 1 aliphatic heterocycles. The van der Waals surface area contributed by atoms with E-state index in [1.54, 1.807) is 0 Å². The number of carbonyl (C=O) groups is 2. The minimum absolute atomic E-state index is 0.0428. The molecule has 0 saturated heterocycles. The number of anilines is 2.